The number of benzene rings is 1. The minimum atomic E-state index is -0.294. The summed E-state index contributed by atoms with van der Waals surface area (Å²) in [6, 6.07) is 12.6. The number of likely N-dealkylation sites (N-methyl/N-ethyl adjacent to an activating group) is 1. The number of aromatic nitrogens is 1. The number of nitrogens with one attached hydrogen (secondary N) is 2. The van der Waals surface area contributed by atoms with Gasteiger partial charge < -0.3 is 15.5 Å². The number of carbonyl (C=O) groups is 2. The Balaban J connectivity index is 1.83. The Morgan fingerprint density at radius 3 is 2.36 bits per heavy atom. The van der Waals surface area contributed by atoms with Crippen LogP contribution in [-0.4, -0.2) is 34.9 Å². The van der Waals surface area contributed by atoms with Gasteiger partial charge in [0, 0.05) is 25.0 Å². The summed E-state index contributed by atoms with van der Waals surface area (Å²) >= 11 is 0. The molecule has 6 heteroatoms. The van der Waals surface area contributed by atoms with E-state index in [0.717, 1.165) is 11.3 Å². The fourth-order valence-electron chi connectivity index (χ4n) is 2.42. The van der Waals surface area contributed by atoms with Crippen molar-refractivity contribution in [1.82, 2.24) is 15.2 Å². The minimum Gasteiger partial charge on any atom is -0.343 e. The first-order chi connectivity index (χ1) is 12.1. The number of urea groups is 1. The summed E-state index contributed by atoms with van der Waals surface area (Å²) < 4.78 is 0. The average molecular weight is 340 g/mol. The van der Waals surface area contributed by atoms with Crippen LogP contribution in [0.15, 0.2) is 48.7 Å². The van der Waals surface area contributed by atoms with Gasteiger partial charge in [-0.3, -0.25) is 9.78 Å². The highest BCUT2D eigenvalue weighted by molar-refractivity contribution is 5.89. The van der Waals surface area contributed by atoms with Crippen LogP contribution in [0.1, 0.15) is 25.1 Å². The van der Waals surface area contributed by atoms with Crippen molar-refractivity contribution in [1.29, 1.82) is 0 Å². The predicted molar refractivity (Wildman–Crippen MR) is 98.2 cm³/mol. The predicted octanol–water partition coefficient (Wildman–Crippen LogP) is 2.81. The van der Waals surface area contributed by atoms with Crippen LogP contribution < -0.4 is 10.6 Å². The number of nitrogens with zero attached hydrogens (tertiary/aromatic N) is 2. The Morgan fingerprint density at radius 2 is 1.76 bits per heavy atom. The van der Waals surface area contributed by atoms with E-state index < -0.39 is 0 Å². The molecule has 3 amide bonds. The molecule has 0 fully saturated rings. The van der Waals surface area contributed by atoms with Gasteiger partial charge in [0.2, 0.25) is 5.91 Å². The highest BCUT2D eigenvalue weighted by Crippen LogP contribution is 2.11. The molecule has 0 unspecified atom stereocenters. The molecule has 1 aromatic carbocycles. The van der Waals surface area contributed by atoms with Gasteiger partial charge in [-0.25, -0.2) is 4.79 Å². The van der Waals surface area contributed by atoms with Crippen molar-refractivity contribution >= 4 is 17.6 Å². The molecule has 2 rings (SSSR count). The van der Waals surface area contributed by atoms with E-state index in [1.54, 1.807) is 23.2 Å². The maximum atomic E-state index is 12.1. The van der Waals surface area contributed by atoms with Crippen molar-refractivity contribution < 1.29 is 9.59 Å². The van der Waals surface area contributed by atoms with Crippen molar-refractivity contribution in [3.8, 4) is 0 Å². The molecule has 25 heavy (non-hydrogen) atoms. The quantitative estimate of drug-likeness (QED) is 0.814. The molecule has 1 aromatic heterocycles. The third kappa shape index (κ3) is 5.91. The average Bonchev–Trinajstić information content (AvgIpc) is 2.63. The molecule has 0 aliphatic rings. The maximum Gasteiger partial charge on any atom is 0.319 e. The molecule has 2 N–H and O–H groups in total. The number of hydrogen-bond acceptors (Lipinski definition) is 3. The van der Waals surface area contributed by atoms with Crippen LogP contribution in [-0.2, 0) is 17.8 Å². The standard InChI is InChI=1S/C19H24N4O2/c1-3-23(4-2)18(24)13-15-8-10-16(11-9-15)22-19(25)21-14-17-7-5-6-12-20-17/h5-12H,3-4,13-14H2,1-2H3,(H2,21,22,25). The summed E-state index contributed by atoms with van der Waals surface area (Å²) in [6.45, 7) is 5.73. The Morgan fingerprint density at radius 1 is 1.04 bits per heavy atom. The summed E-state index contributed by atoms with van der Waals surface area (Å²) in [6.07, 6.45) is 2.06. The zero-order valence-corrected chi connectivity index (χ0v) is 14.7. The molecule has 0 saturated carbocycles. The van der Waals surface area contributed by atoms with Gasteiger partial charge >= 0.3 is 6.03 Å². The van der Waals surface area contributed by atoms with E-state index in [-0.39, 0.29) is 11.9 Å². The number of hydrogen-bond donors (Lipinski definition) is 2. The first kappa shape index (κ1) is 18.4. The summed E-state index contributed by atoms with van der Waals surface area (Å²) in [5.41, 5.74) is 2.40. The molecule has 0 radical (unpaired) electrons. The van der Waals surface area contributed by atoms with Crippen LogP contribution in [0, 0.1) is 0 Å². The molecule has 132 valence electrons. The van der Waals surface area contributed by atoms with Gasteiger partial charge in [-0.1, -0.05) is 18.2 Å². The van der Waals surface area contributed by atoms with E-state index in [1.165, 1.54) is 0 Å². The molecule has 0 spiro atoms. The minimum absolute atomic E-state index is 0.110. The Labute approximate surface area is 148 Å². The first-order valence-electron chi connectivity index (χ1n) is 8.43. The molecule has 6 nitrogen and oxygen atoms in total. The molecule has 0 aliphatic heterocycles. The maximum absolute atomic E-state index is 12.1. The molecule has 0 atom stereocenters. The lowest BCUT2D eigenvalue weighted by Gasteiger charge is -2.18. The van der Waals surface area contributed by atoms with Crippen LogP contribution in [0.5, 0.6) is 0 Å². The normalized spacial score (nSPS) is 10.2. The lowest BCUT2D eigenvalue weighted by atomic mass is 10.1. The van der Waals surface area contributed by atoms with E-state index in [4.69, 9.17) is 0 Å². The van der Waals surface area contributed by atoms with Crippen LogP contribution in [0.4, 0.5) is 10.5 Å². The molecule has 1 heterocycles. The van der Waals surface area contributed by atoms with Gasteiger partial charge in [-0.15, -0.1) is 0 Å². The fraction of sp³-hybridized carbons (Fsp3) is 0.316. The van der Waals surface area contributed by atoms with E-state index in [1.807, 2.05) is 44.2 Å². The van der Waals surface area contributed by atoms with Crippen LogP contribution in [0.2, 0.25) is 0 Å². The van der Waals surface area contributed by atoms with Crippen LogP contribution in [0.3, 0.4) is 0 Å². The summed E-state index contributed by atoms with van der Waals surface area (Å²) in [5.74, 6) is 0.110. The van der Waals surface area contributed by atoms with Gasteiger partial charge in [0.25, 0.3) is 0 Å². The molecule has 0 bridgehead atoms. The second kappa shape index (κ2) is 9.42. The summed E-state index contributed by atoms with van der Waals surface area (Å²) in [5, 5.41) is 5.52. The number of carbonyl (C=O) groups excluding carboxylic acids is 2. The molecule has 2 aromatic rings. The van der Waals surface area contributed by atoms with Crippen molar-refractivity contribution in [3.05, 3.63) is 59.9 Å². The second-order valence-corrected chi connectivity index (χ2v) is 5.57. The molecular weight excluding hydrogens is 316 g/mol. The fourth-order valence-corrected chi connectivity index (χ4v) is 2.42. The van der Waals surface area contributed by atoms with Crippen LogP contribution in [0.25, 0.3) is 0 Å². The third-order valence-corrected chi connectivity index (χ3v) is 3.84. The first-order valence-corrected chi connectivity index (χ1v) is 8.43. The zero-order valence-electron chi connectivity index (χ0n) is 14.7. The Hall–Kier alpha value is -2.89. The number of anilines is 1. The summed E-state index contributed by atoms with van der Waals surface area (Å²) in [7, 11) is 0. The van der Waals surface area contributed by atoms with Crippen molar-refractivity contribution in [3.63, 3.8) is 0 Å². The van der Waals surface area contributed by atoms with Gasteiger partial charge in [0.15, 0.2) is 0 Å². The number of rotatable bonds is 7. The van der Waals surface area contributed by atoms with Gasteiger partial charge in [0.1, 0.15) is 0 Å². The SMILES string of the molecule is CCN(CC)C(=O)Cc1ccc(NC(=O)NCc2ccccn2)cc1. The number of pyridine rings is 1. The summed E-state index contributed by atoms with van der Waals surface area (Å²) in [4.78, 5) is 30.0. The number of amides is 3. The lowest BCUT2D eigenvalue weighted by Crippen LogP contribution is -2.31. The highest BCUT2D eigenvalue weighted by atomic mass is 16.2. The largest absolute Gasteiger partial charge is 0.343 e. The lowest BCUT2D eigenvalue weighted by molar-refractivity contribution is -0.130. The Kier molecular flexibility index (Phi) is 6.95. The third-order valence-electron chi connectivity index (χ3n) is 3.84. The topological polar surface area (TPSA) is 74.3 Å². The second-order valence-electron chi connectivity index (χ2n) is 5.57. The van der Waals surface area contributed by atoms with E-state index in [9.17, 15) is 9.59 Å². The van der Waals surface area contributed by atoms with Crippen LogP contribution >= 0.6 is 0 Å². The van der Waals surface area contributed by atoms with Gasteiger partial charge in [-0.2, -0.15) is 0 Å². The Bertz CT molecular complexity index is 682. The van der Waals surface area contributed by atoms with Gasteiger partial charge in [-0.05, 0) is 43.7 Å². The van der Waals surface area contributed by atoms with Crippen molar-refractivity contribution in [2.75, 3.05) is 18.4 Å². The zero-order chi connectivity index (χ0) is 18.1. The molecular formula is C19H24N4O2. The van der Waals surface area contributed by atoms with E-state index in [0.29, 0.717) is 31.7 Å². The van der Waals surface area contributed by atoms with Gasteiger partial charge in [0.05, 0.1) is 18.7 Å². The van der Waals surface area contributed by atoms with Crippen molar-refractivity contribution in [2.24, 2.45) is 0 Å². The highest BCUT2D eigenvalue weighted by Gasteiger charge is 2.10. The molecule has 0 saturated heterocycles. The van der Waals surface area contributed by atoms with E-state index >= 15 is 0 Å². The smallest absolute Gasteiger partial charge is 0.319 e. The van der Waals surface area contributed by atoms with Crippen molar-refractivity contribution in [2.45, 2.75) is 26.8 Å². The van der Waals surface area contributed by atoms with E-state index in [2.05, 4.69) is 15.6 Å². The molecule has 0 aliphatic carbocycles. The monoisotopic (exact) mass is 340 g/mol.